The molecule has 0 aliphatic heterocycles. The van der Waals surface area contributed by atoms with Crippen LogP contribution in [0.15, 0.2) is 243 Å². The fourth-order valence-corrected chi connectivity index (χ4v) is 10.3. The SMILES string of the molecule is C1=Cc2cc(-c3cccc(-c4c5ccccc5c(-c5ccc(-c6cc(-c7ccccc7)c(-c7ccccc7)c(-c7ccccc7)c6-c6ccccc6)cc5)c5ccccc45)c3)cnc2CC1. The molecule has 0 saturated heterocycles. The lowest BCUT2D eigenvalue weighted by atomic mass is 9.78. The fraction of sp³-hybridized carbons (Fsp3) is 0.0308. The lowest BCUT2D eigenvalue weighted by Gasteiger charge is -2.24. The van der Waals surface area contributed by atoms with Gasteiger partial charge in [0, 0.05) is 17.5 Å². The van der Waals surface area contributed by atoms with Gasteiger partial charge in [-0.1, -0.05) is 224 Å². The second-order valence-corrected chi connectivity index (χ2v) is 17.3. The molecule has 1 nitrogen and oxygen atoms in total. The van der Waals surface area contributed by atoms with Gasteiger partial charge >= 0.3 is 0 Å². The average Bonchev–Trinajstić information content (AvgIpc) is 3.40. The van der Waals surface area contributed by atoms with E-state index in [-0.39, 0.29) is 0 Å². The first-order valence-electron chi connectivity index (χ1n) is 23.0. The van der Waals surface area contributed by atoms with Crippen LogP contribution in [0.25, 0.3) is 117 Å². The maximum absolute atomic E-state index is 4.89. The van der Waals surface area contributed by atoms with E-state index in [0.29, 0.717) is 0 Å². The van der Waals surface area contributed by atoms with Crippen molar-refractivity contribution in [2.24, 2.45) is 0 Å². The smallest absolute Gasteiger partial charge is 0.0479 e. The summed E-state index contributed by atoms with van der Waals surface area (Å²) in [5, 5.41) is 4.95. The van der Waals surface area contributed by atoms with E-state index in [0.717, 1.165) is 18.4 Å². The van der Waals surface area contributed by atoms with Crippen LogP contribution >= 0.6 is 0 Å². The Morgan fingerprint density at radius 1 is 0.288 bits per heavy atom. The van der Waals surface area contributed by atoms with Gasteiger partial charge in [-0.05, 0) is 142 Å². The van der Waals surface area contributed by atoms with E-state index in [1.54, 1.807) is 0 Å². The third-order valence-corrected chi connectivity index (χ3v) is 13.3. The summed E-state index contributed by atoms with van der Waals surface area (Å²) < 4.78 is 0. The Morgan fingerprint density at radius 3 is 1.24 bits per heavy atom. The van der Waals surface area contributed by atoms with Crippen LogP contribution in [0.2, 0.25) is 0 Å². The molecule has 0 radical (unpaired) electrons. The number of aryl methyl sites for hydroxylation is 1. The molecule has 1 aromatic heterocycles. The topological polar surface area (TPSA) is 12.9 Å². The number of hydrogen-bond acceptors (Lipinski definition) is 1. The van der Waals surface area contributed by atoms with Crippen LogP contribution < -0.4 is 0 Å². The van der Waals surface area contributed by atoms with E-state index in [1.807, 2.05) is 6.20 Å². The van der Waals surface area contributed by atoms with Crippen LogP contribution in [0.5, 0.6) is 0 Å². The highest BCUT2D eigenvalue weighted by molar-refractivity contribution is 6.21. The number of hydrogen-bond donors (Lipinski definition) is 0. The Balaban J connectivity index is 1.06. The highest BCUT2D eigenvalue weighted by Gasteiger charge is 2.24. The van der Waals surface area contributed by atoms with Crippen molar-refractivity contribution < 1.29 is 0 Å². The standard InChI is InChI=1S/C65H45N/c1-5-20-44(21-6-1)58-42-59(64(47-24-9-3-10-25-47)65(48-26-11-4-12-27-48)63(58)46-22-7-2-8-23-46)45-36-38-49(39-37-45)61-54-31-14-16-33-56(54)62(57-34-17-15-32-55(57)61)52-30-19-29-50(40-52)53-41-51-28-13-18-35-60(51)66-43-53/h1-17,19-34,36-43H,18,35H2. The van der Waals surface area contributed by atoms with Crippen molar-refractivity contribution in [1.82, 2.24) is 4.98 Å². The van der Waals surface area contributed by atoms with Gasteiger partial charge in [0.2, 0.25) is 0 Å². The minimum atomic E-state index is 1.00. The van der Waals surface area contributed by atoms with Crippen LogP contribution in [-0.4, -0.2) is 4.98 Å². The number of rotatable bonds is 8. The minimum Gasteiger partial charge on any atom is -0.260 e. The van der Waals surface area contributed by atoms with E-state index in [4.69, 9.17) is 4.98 Å². The number of allylic oxidation sites excluding steroid dienone is 1. The summed E-state index contributed by atoms with van der Waals surface area (Å²) in [4.78, 5) is 4.89. The molecule has 0 saturated carbocycles. The second-order valence-electron chi connectivity index (χ2n) is 17.3. The van der Waals surface area contributed by atoms with Gasteiger partial charge in [-0.25, -0.2) is 0 Å². The molecule has 0 amide bonds. The monoisotopic (exact) mass is 839 g/mol. The summed E-state index contributed by atoms with van der Waals surface area (Å²) in [5.74, 6) is 0. The number of aromatic nitrogens is 1. The van der Waals surface area contributed by atoms with Crippen LogP contribution in [0.1, 0.15) is 17.7 Å². The predicted molar refractivity (Wildman–Crippen MR) is 280 cm³/mol. The zero-order valence-electron chi connectivity index (χ0n) is 36.5. The van der Waals surface area contributed by atoms with E-state index in [9.17, 15) is 0 Å². The van der Waals surface area contributed by atoms with Crippen LogP contribution in [-0.2, 0) is 6.42 Å². The first kappa shape index (κ1) is 39.2. The first-order valence-corrected chi connectivity index (χ1v) is 23.0. The quantitative estimate of drug-likeness (QED) is 0.139. The van der Waals surface area contributed by atoms with Crippen molar-refractivity contribution in [3.05, 3.63) is 254 Å². The van der Waals surface area contributed by atoms with Crippen LogP contribution in [0.4, 0.5) is 0 Å². The summed E-state index contributed by atoms with van der Waals surface area (Å²) in [7, 11) is 0. The number of fused-ring (bicyclic) bond motifs is 3. The summed E-state index contributed by atoms with van der Waals surface area (Å²) in [6.45, 7) is 0. The van der Waals surface area contributed by atoms with Gasteiger partial charge in [0.15, 0.2) is 0 Å². The summed E-state index contributed by atoms with van der Waals surface area (Å²) in [5.41, 5.74) is 21.6. The Kier molecular flexibility index (Phi) is 10.1. The molecule has 11 aromatic rings. The predicted octanol–water partition coefficient (Wildman–Crippen LogP) is 17.7. The minimum absolute atomic E-state index is 1.00. The molecule has 66 heavy (non-hydrogen) atoms. The van der Waals surface area contributed by atoms with Crippen molar-refractivity contribution in [2.45, 2.75) is 12.8 Å². The molecule has 10 aromatic carbocycles. The molecule has 0 N–H and O–H groups in total. The molecular formula is C65H45N. The maximum atomic E-state index is 4.89. The van der Waals surface area contributed by atoms with Crippen molar-refractivity contribution in [3.8, 4) is 89.0 Å². The first-order chi connectivity index (χ1) is 32.8. The normalized spacial score (nSPS) is 12.1. The lowest BCUT2D eigenvalue weighted by molar-refractivity contribution is 0.928. The molecule has 1 heteroatoms. The average molecular weight is 840 g/mol. The zero-order valence-corrected chi connectivity index (χ0v) is 36.5. The zero-order chi connectivity index (χ0) is 43.8. The molecule has 0 spiro atoms. The number of nitrogens with zero attached hydrogens (tertiary/aromatic N) is 1. The van der Waals surface area contributed by atoms with Gasteiger partial charge in [0.05, 0.1) is 0 Å². The van der Waals surface area contributed by atoms with Gasteiger partial charge in [-0.3, -0.25) is 4.98 Å². The summed E-state index contributed by atoms with van der Waals surface area (Å²) >= 11 is 0. The lowest BCUT2D eigenvalue weighted by Crippen LogP contribution is -1.98. The molecule has 0 fully saturated rings. The van der Waals surface area contributed by atoms with Gasteiger partial charge < -0.3 is 0 Å². The fourth-order valence-electron chi connectivity index (χ4n) is 10.3. The Labute approximate surface area is 386 Å². The van der Waals surface area contributed by atoms with Crippen molar-refractivity contribution in [1.29, 1.82) is 0 Å². The Hall–Kier alpha value is -8.39. The third kappa shape index (κ3) is 7.03. The molecule has 310 valence electrons. The molecule has 0 bridgehead atoms. The largest absolute Gasteiger partial charge is 0.260 e. The van der Waals surface area contributed by atoms with Gasteiger partial charge in [0.1, 0.15) is 0 Å². The molecule has 1 aliphatic rings. The van der Waals surface area contributed by atoms with E-state index < -0.39 is 0 Å². The van der Waals surface area contributed by atoms with E-state index in [1.165, 1.54) is 116 Å². The number of benzene rings is 10. The number of pyridine rings is 1. The van der Waals surface area contributed by atoms with Crippen LogP contribution in [0.3, 0.4) is 0 Å². The molecule has 12 rings (SSSR count). The maximum Gasteiger partial charge on any atom is 0.0479 e. The molecule has 0 unspecified atom stereocenters. The van der Waals surface area contributed by atoms with Crippen molar-refractivity contribution >= 4 is 27.6 Å². The highest BCUT2D eigenvalue weighted by atomic mass is 14.7. The van der Waals surface area contributed by atoms with Gasteiger partial charge in [0.25, 0.3) is 0 Å². The molecule has 1 aliphatic carbocycles. The van der Waals surface area contributed by atoms with Gasteiger partial charge in [-0.2, -0.15) is 0 Å². The summed E-state index contributed by atoms with van der Waals surface area (Å²) in [6, 6.07) is 84.6. The van der Waals surface area contributed by atoms with E-state index in [2.05, 4.69) is 243 Å². The van der Waals surface area contributed by atoms with Crippen molar-refractivity contribution in [2.75, 3.05) is 0 Å². The van der Waals surface area contributed by atoms with Crippen molar-refractivity contribution in [3.63, 3.8) is 0 Å². The summed E-state index contributed by atoms with van der Waals surface area (Å²) in [6.07, 6.45) is 8.58. The second kappa shape index (κ2) is 17.0. The third-order valence-electron chi connectivity index (χ3n) is 13.3. The van der Waals surface area contributed by atoms with Gasteiger partial charge in [-0.15, -0.1) is 0 Å². The molecule has 0 atom stereocenters. The van der Waals surface area contributed by atoms with E-state index >= 15 is 0 Å². The molecule has 1 heterocycles. The Morgan fingerprint density at radius 2 is 0.697 bits per heavy atom. The van der Waals surface area contributed by atoms with Crippen LogP contribution in [0, 0.1) is 0 Å². The molecular weight excluding hydrogens is 795 g/mol. The Bertz CT molecular complexity index is 3530. The highest BCUT2D eigenvalue weighted by Crippen LogP contribution is 2.51.